The van der Waals surface area contributed by atoms with Gasteiger partial charge in [0.05, 0.1) is 0 Å². The van der Waals surface area contributed by atoms with E-state index < -0.39 is 0 Å². The molecule has 0 fully saturated rings. The van der Waals surface area contributed by atoms with Gasteiger partial charge in [0.25, 0.3) is 0 Å². The number of benzene rings is 2. The molecule has 0 aliphatic heterocycles. The van der Waals surface area contributed by atoms with Gasteiger partial charge in [-0.15, -0.1) is 0 Å². The van der Waals surface area contributed by atoms with E-state index >= 15 is 0 Å². The largest absolute Gasteiger partial charge is 0.287 e. The Balaban J connectivity index is 2.18. The lowest BCUT2D eigenvalue weighted by atomic mass is 10.0. The lowest BCUT2D eigenvalue weighted by Gasteiger charge is -2.08. The van der Waals surface area contributed by atoms with Crippen LogP contribution < -0.4 is 4.57 Å². The summed E-state index contributed by atoms with van der Waals surface area (Å²) in [7, 11) is 0. The molecule has 0 amide bonds. The van der Waals surface area contributed by atoms with E-state index in [1.165, 1.54) is 5.56 Å². The lowest BCUT2D eigenvalue weighted by molar-refractivity contribution is -0.664. The van der Waals surface area contributed by atoms with E-state index in [-0.39, 0.29) is 11.7 Å². The lowest BCUT2D eigenvalue weighted by Crippen LogP contribution is -2.42. The molecule has 0 bridgehead atoms. The highest BCUT2D eigenvalue weighted by Crippen LogP contribution is 2.14. The number of carbonyl (C=O) groups is 1. The SMILES string of the molecule is CC(C)C(=O)c1ccc2ccccc2[n+]1Cc1ccccc1. The van der Waals surface area contributed by atoms with Crippen LogP contribution in [-0.2, 0) is 6.54 Å². The summed E-state index contributed by atoms with van der Waals surface area (Å²) >= 11 is 0. The first-order chi connectivity index (χ1) is 10.7. The highest BCUT2D eigenvalue weighted by atomic mass is 16.1. The Morgan fingerprint density at radius 2 is 1.59 bits per heavy atom. The maximum absolute atomic E-state index is 12.6. The molecule has 0 saturated heterocycles. The topological polar surface area (TPSA) is 20.9 Å². The molecule has 110 valence electrons. The van der Waals surface area contributed by atoms with Crippen LogP contribution in [0.5, 0.6) is 0 Å². The second-order valence-electron chi connectivity index (χ2n) is 5.87. The maximum Gasteiger partial charge on any atom is 0.249 e. The van der Waals surface area contributed by atoms with Gasteiger partial charge in [-0.3, -0.25) is 4.79 Å². The number of hydrogen-bond acceptors (Lipinski definition) is 1. The third-order valence-corrected chi connectivity index (χ3v) is 3.90. The van der Waals surface area contributed by atoms with E-state index in [1.807, 2.05) is 56.3 Å². The normalized spacial score (nSPS) is 11.0. The quantitative estimate of drug-likeness (QED) is 0.525. The Morgan fingerprint density at radius 1 is 0.909 bits per heavy atom. The number of hydrogen-bond donors (Lipinski definition) is 0. The first-order valence-electron chi connectivity index (χ1n) is 7.66. The smallest absolute Gasteiger partial charge is 0.249 e. The highest BCUT2D eigenvalue weighted by Gasteiger charge is 2.24. The van der Waals surface area contributed by atoms with Crippen molar-refractivity contribution in [3.05, 3.63) is 78.0 Å². The van der Waals surface area contributed by atoms with Crippen molar-refractivity contribution in [1.82, 2.24) is 0 Å². The number of carbonyl (C=O) groups excluding carboxylic acids is 1. The predicted molar refractivity (Wildman–Crippen MR) is 88.9 cm³/mol. The highest BCUT2D eigenvalue weighted by molar-refractivity contribution is 5.95. The molecule has 3 aromatic rings. The number of aromatic nitrogens is 1. The van der Waals surface area contributed by atoms with Gasteiger partial charge in [-0.05, 0) is 12.1 Å². The molecule has 22 heavy (non-hydrogen) atoms. The minimum Gasteiger partial charge on any atom is -0.287 e. The summed E-state index contributed by atoms with van der Waals surface area (Å²) in [5.41, 5.74) is 3.07. The molecule has 0 saturated carbocycles. The van der Waals surface area contributed by atoms with Crippen LogP contribution in [0.1, 0.15) is 29.9 Å². The van der Waals surface area contributed by atoms with E-state index in [4.69, 9.17) is 0 Å². The second-order valence-corrected chi connectivity index (χ2v) is 5.87. The van der Waals surface area contributed by atoms with Crippen LogP contribution in [0.25, 0.3) is 10.9 Å². The third kappa shape index (κ3) is 2.77. The van der Waals surface area contributed by atoms with E-state index in [1.54, 1.807) is 0 Å². The van der Waals surface area contributed by atoms with Gasteiger partial charge >= 0.3 is 0 Å². The van der Waals surface area contributed by atoms with E-state index in [2.05, 4.69) is 28.8 Å². The van der Waals surface area contributed by atoms with Crippen molar-refractivity contribution in [2.24, 2.45) is 5.92 Å². The zero-order valence-corrected chi connectivity index (χ0v) is 13.0. The van der Waals surface area contributed by atoms with E-state index in [0.29, 0.717) is 6.54 Å². The molecule has 3 rings (SSSR count). The number of pyridine rings is 1. The zero-order valence-electron chi connectivity index (χ0n) is 13.0. The van der Waals surface area contributed by atoms with Gasteiger partial charge in [0.1, 0.15) is 0 Å². The fraction of sp³-hybridized carbons (Fsp3) is 0.200. The predicted octanol–water partition coefficient (Wildman–Crippen LogP) is 4.01. The summed E-state index contributed by atoms with van der Waals surface area (Å²) in [6, 6.07) is 22.5. The average Bonchev–Trinajstić information content (AvgIpc) is 2.55. The fourth-order valence-electron chi connectivity index (χ4n) is 2.71. The average molecular weight is 290 g/mol. The summed E-state index contributed by atoms with van der Waals surface area (Å²) < 4.78 is 2.13. The van der Waals surface area contributed by atoms with Gasteiger partial charge in [0.15, 0.2) is 6.54 Å². The van der Waals surface area contributed by atoms with Crippen molar-refractivity contribution in [1.29, 1.82) is 0 Å². The van der Waals surface area contributed by atoms with Gasteiger partial charge in [-0.2, -0.15) is 4.57 Å². The van der Waals surface area contributed by atoms with Gasteiger partial charge in [0.2, 0.25) is 17.0 Å². The molecule has 2 nitrogen and oxygen atoms in total. The molecular formula is C20H20NO+. The second kappa shape index (κ2) is 6.10. The summed E-state index contributed by atoms with van der Waals surface area (Å²) in [5, 5.41) is 1.15. The number of Topliss-reactive ketones (excluding diaryl/α,β-unsaturated/α-hetero) is 1. The molecule has 0 aliphatic carbocycles. The molecular weight excluding hydrogens is 270 g/mol. The van der Waals surface area contributed by atoms with Crippen LogP contribution in [0.3, 0.4) is 0 Å². The summed E-state index contributed by atoms with van der Waals surface area (Å²) in [4.78, 5) is 12.6. The number of nitrogens with zero attached hydrogens (tertiary/aromatic N) is 1. The Labute approximate surface area is 131 Å². The van der Waals surface area contributed by atoms with E-state index in [9.17, 15) is 4.79 Å². The van der Waals surface area contributed by atoms with Crippen LogP contribution in [0.15, 0.2) is 66.7 Å². The summed E-state index contributed by atoms with van der Waals surface area (Å²) in [5.74, 6) is 0.171. The van der Waals surface area contributed by atoms with Gasteiger partial charge in [0, 0.05) is 29.0 Å². The van der Waals surface area contributed by atoms with Crippen molar-refractivity contribution in [2.75, 3.05) is 0 Å². The summed E-state index contributed by atoms with van der Waals surface area (Å²) in [6.45, 7) is 4.60. The molecule has 0 aliphatic rings. The Hall–Kier alpha value is -2.48. The molecule has 1 heterocycles. The molecule has 0 radical (unpaired) electrons. The number of para-hydroxylation sites is 1. The van der Waals surface area contributed by atoms with Gasteiger partial charge in [-0.25, -0.2) is 0 Å². The molecule has 1 aromatic heterocycles. The third-order valence-electron chi connectivity index (χ3n) is 3.90. The molecule has 0 atom stereocenters. The fourth-order valence-corrected chi connectivity index (χ4v) is 2.71. The van der Waals surface area contributed by atoms with Gasteiger partial charge in [-0.1, -0.05) is 56.3 Å². The van der Waals surface area contributed by atoms with Crippen LogP contribution in [-0.4, -0.2) is 5.78 Å². The molecule has 2 aromatic carbocycles. The molecule has 0 unspecified atom stereocenters. The molecule has 2 heteroatoms. The molecule has 0 spiro atoms. The Morgan fingerprint density at radius 3 is 2.32 bits per heavy atom. The van der Waals surface area contributed by atoms with Crippen molar-refractivity contribution in [2.45, 2.75) is 20.4 Å². The first kappa shape index (κ1) is 14.5. The van der Waals surface area contributed by atoms with Crippen molar-refractivity contribution in [3.63, 3.8) is 0 Å². The van der Waals surface area contributed by atoms with Crippen LogP contribution in [0, 0.1) is 5.92 Å². The van der Waals surface area contributed by atoms with Crippen molar-refractivity contribution in [3.8, 4) is 0 Å². The Bertz CT molecular complexity index is 806. The molecule has 0 N–H and O–H groups in total. The van der Waals surface area contributed by atoms with E-state index in [0.717, 1.165) is 16.6 Å². The van der Waals surface area contributed by atoms with Gasteiger partial charge < -0.3 is 0 Å². The van der Waals surface area contributed by atoms with Crippen molar-refractivity contribution >= 4 is 16.7 Å². The van der Waals surface area contributed by atoms with Crippen LogP contribution in [0.4, 0.5) is 0 Å². The zero-order chi connectivity index (χ0) is 15.5. The number of fused-ring (bicyclic) bond motifs is 1. The summed E-state index contributed by atoms with van der Waals surface area (Å²) in [6.07, 6.45) is 0. The minimum absolute atomic E-state index is 0.0109. The monoisotopic (exact) mass is 290 g/mol. The van der Waals surface area contributed by atoms with Crippen LogP contribution in [0.2, 0.25) is 0 Å². The maximum atomic E-state index is 12.6. The van der Waals surface area contributed by atoms with Crippen molar-refractivity contribution < 1.29 is 9.36 Å². The number of rotatable bonds is 4. The van der Waals surface area contributed by atoms with Crippen LogP contribution >= 0.6 is 0 Å². The number of ketones is 1. The Kier molecular flexibility index (Phi) is 4.01. The first-order valence-corrected chi connectivity index (χ1v) is 7.66. The minimum atomic E-state index is -0.0109. The standard InChI is InChI=1S/C20H20NO/c1-15(2)20(22)19-13-12-17-10-6-7-11-18(17)21(19)14-16-8-4-3-5-9-16/h3-13,15H,14H2,1-2H3/q+1.